The summed E-state index contributed by atoms with van der Waals surface area (Å²) in [5.74, 6) is -0.749. The lowest BCUT2D eigenvalue weighted by molar-refractivity contribution is 0.400. The molecule has 29 heavy (non-hydrogen) atoms. The van der Waals surface area contributed by atoms with Gasteiger partial charge in [-0.05, 0) is 42.1 Å². The predicted molar refractivity (Wildman–Crippen MR) is 122 cm³/mol. The quantitative estimate of drug-likeness (QED) is 0.507. The molecule has 2 aromatic carbocycles. The van der Waals surface area contributed by atoms with Gasteiger partial charge in [0.05, 0.1) is 20.8 Å². The fourth-order valence-electron chi connectivity index (χ4n) is 3.59. The Kier molecular flexibility index (Phi) is 7.51. The zero-order valence-electron chi connectivity index (χ0n) is 17.9. The van der Waals surface area contributed by atoms with Gasteiger partial charge in [0.25, 0.3) is 0 Å². The number of hydrogen-bond acceptors (Lipinski definition) is 4. The molecule has 0 saturated carbocycles. The van der Waals surface area contributed by atoms with E-state index >= 15 is 0 Å². The van der Waals surface area contributed by atoms with E-state index in [1.807, 2.05) is 13.8 Å². The molecule has 0 aliphatic carbocycles. The molecule has 4 nitrogen and oxygen atoms in total. The van der Waals surface area contributed by atoms with E-state index in [0.717, 1.165) is 0 Å². The molecule has 160 valence electrons. The van der Waals surface area contributed by atoms with Gasteiger partial charge in [-0.25, -0.2) is 16.8 Å². The monoisotopic (exact) mass is 452 g/mol. The average molecular weight is 453 g/mol. The zero-order chi connectivity index (χ0) is 21.9. The van der Waals surface area contributed by atoms with E-state index in [1.165, 1.54) is 0 Å². The Morgan fingerprint density at radius 2 is 1.21 bits per heavy atom. The van der Waals surface area contributed by atoms with Crippen LogP contribution in [-0.4, -0.2) is 35.9 Å². The molecule has 0 aliphatic heterocycles. The summed E-state index contributed by atoms with van der Waals surface area (Å²) >= 11 is 0. The minimum absolute atomic E-state index is 0.0895. The van der Waals surface area contributed by atoms with Crippen molar-refractivity contribution in [3.8, 4) is 0 Å². The number of hydrogen-bond donors (Lipinski definition) is 0. The van der Waals surface area contributed by atoms with Crippen LogP contribution in [-0.2, 0) is 19.7 Å². The minimum Gasteiger partial charge on any atom is -0.224 e. The Labute approximate surface area is 177 Å². The molecule has 0 amide bonds. The highest BCUT2D eigenvalue weighted by Gasteiger charge is 2.41. The maximum Gasteiger partial charge on any atom is 0.181 e. The molecule has 0 spiro atoms. The molecule has 7 heteroatoms. The van der Waals surface area contributed by atoms with E-state index in [2.05, 4.69) is 19.6 Å². The molecule has 0 radical (unpaired) electrons. The number of rotatable bonds is 9. The molecule has 0 aliphatic rings. The molecule has 1 unspecified atom stereocenters. The fraction of sp³-hybridized carbons (Fsp3) is 0.455. The summed E-state index contributed by atoms with van der Waals surface area (Å²) < 4.78 is 53.4. The SMILES string of the molecule is CC(C)[C@@H](CS(=O)(=O)c1ccccc1)C(C[Si](C)(C)C)S(=O)(=O)c1ccccc1. The summed E-state index contributed by atoms with van der Waals surface area (Å²) in [6.45, 7) is 10.2. The summed E-state index contributed by atoms with van der Waals surface area (Å²) in [6, 6.07) is 17.3. The minimum atomic E-state index is -3.66. The highest BCUT2D eigenvalue weighted by molar-refractivity contribution is 7.92. The predicted octanol–water partition coefficient (Wildman–Crippen LogP) is 4.91. The van der Waals surface area contributed by atoms with Crippen LogP contribution in [0.3, 0.4) is 0 Å². The summed E-state index contributed by atoms with van der Waals surface area (Å²) in [5, 5.41) is -0.727. The first-order valence-electron chi connectivity index (χ1n) is 9.91. The fourth-order valence-corrected chi connectivity index (χ4v) is 11.2. The summed E-state index contributed by atoms with van der Waals surface area (Å²) in [5.41, 5.74) is 0. The molecule has 0 saturated heterocycles. The van der Waals surface area contributed by atoms with E-state index in [0.29, 0.717) is 6.04 Å². The van der Waals surface area contributed by atoms with Crippen molar-refractivity contribution in [1.82, 2.24) is 0 Å². The van der Waals surface area contributed by atoms with Crippen LogP contribution in [0, 0.1) is 11.8 Å². The Bertz CT molecular complexity index is 994. The van der Waals surface area contributed by atoms with Crippen LogP contribution in [0.5, 0.6) is 0 Å². The second kappa shape index (κ2) is 9.14. The van der Waals surface area contributed by atoms with Crippen molar-refractivity contribution < 1.29 is 16.8 Å². The molecule has 0 fully saturated rings. The Morgan fingerprint density at radius 1 is 0.759 bits per heavy atom. The standard InChI is InChI=1S/C22H32O4S2Si/c1-18(2)21(16-27(23,24)19-12-8-6-9-13-19)22(17-29(3,4)5)28(25,26)20-14-10-7-11-15-20/h6-15,18,21-22H,16-17H2,1-5H3/t21-,22?/m1/s1. The van der Waals surface area contributed by atoms with Crippen LogP contribution >= 0.6 is 0 Å². The lowest BCUT2D eigenvalue weighted by atomic mass is 9.95. The van der Waals surface area contributed by atoms with Crippen LogP contribution < -0.4 is 0 Å². The third-order valence-corrected chi connectivity index (χ3v) is 11.1. The lowest BCUT2D eigenvalue weighted by Gasteiger charge is -2.33. The third kappa shape index (κ3) is 6.27. The van der Waals surface area contributed by atoms with Crippen LogP contribution in [0.25, 0.3) is 0 Å². The summed E-state index contributed by atoms with van der Waals surface area (Å²) in [6.07, 6.45) is 0. The van der Waals surface area contributed by atoms with E-state index in [-0.39, 0.29) is 21.5 Å². The Morgan fingerprint density at radius 3 is 1.62 bits per heavy atom. The van der Waals surface area contributed by atoms with Crippen molar-refractivity contribution in [2.75, 3.05) is 5.75 Å². The molecular formula is C22H32O4S2Si. The molecule has 2 atom stereocenters. The van der Waals surface area contributed by atoms with Crippen molar-refractivity contribution in [3.05, 3.63) is 60.7 Å². The van der Waals surface area contributed by atoms with E-state index in [1.54, 1.807) is 60.7 Å². The van der Waals surface area contributed by atoms with Crippen LogP contribution in [0.4, 0.5) is 0 Å². The van der Waals surface area contributed by atoms with Gasteiger partial charge < -0.3 is 0 Å². The first-order valence-corrected chi connectivity index (χ1v) is 16.8. The molecule has 0 N–H and O–H groups in total. The Hall–Kier alpha value is -1.44. The highest BCUT2D eigenvalue weighted by atomic mass is 32.2. The Balaban J connectivity index is 2.53. The van der Waals surface area contributed by atoms with Gasteiger partial charge in [-0.1, -0.05) is 69.9 Å². The molecule has 0 bridgehead atoms. The van der Waals surface area contributed by atoms with Crippen molar-refractivity contribution >= 4 is 27.7 Å². The van der Waals surface area contributed by atoms with E-state index in [9.17, 15) is 16.8 Å². The van der Waals surface area contributed by atoms with Gasteiger partial charge in [-0.15, -0.1) is 0 Å². The first-order chi connectivity index (χ1) is 13.3. The van der Waals surface area contributed by atoms with Crippen LogP contribution in [0.1, 0.15) is 13.8 Å². The zero-order valence-corrected chi connectivity index (χ0v) is 20.5. The third-order valence-electron chi connectivity index (χ3n) is 5.13. The maximum atomic E-state index is 13.6. The molecule has 0 aromatic heterocycles. The lowest BCUT2D eigenvalue weighted by Crippen LogP contribution is -2.42. The average Bonchev–Trinajstić information content (AvgIpc) is 2.65. The van der Waals surface area contributed by atoms with Crippen LogP contribution in [0.2, 0.25) is 25.7 Å². The van der Waals surface area contributed by atoms with Gasteiger partial charge in [0.15, 0.2) is 19.7 Å². The topological polar surface area (TPSA) is 68.3 Å². The van der Waals surface area contributed by atoms with Crippen molar-refractivity contribution in [3.63, 3.8) is 0 Å². The van der Waals surface area contributed by atoms with Gasteiger partial charge in [0.2, 0.25) is 0 Å². The van der Waals surface area contributed by atoms with Gasteiger partial charge in [0.1, 0.15) is 0 Å². The van der Waals surface area contributed by atoms with Gasteiger partial charge in [-0.2, -0.15) is 0 Å². The molecule has 0 heterocycles. The summed E-state index contributed by atoms with van der Waals surface area (Å²) in [4.78, 5) is 0.514. The van der Waals surface area contributed by atoms with Crippen molar-refractivity contribution in [2.24, 2.45) is 11.8 Å². The molecular weight excluding hydrogens is 420 g/mol. The maximum absolute atomic E-state index is 13.6. The van der Waals surface area contributed by atoms with Gasteiger partial charge >= 0.3 is 0 Å². The smallest absolute Gasteiger partial charge is 0.181 e. The highest BCUT2D eigenvalue weighted by Crippen LogP contribution is 2.34. The number of sulfone groups is 2. The summed E-state index contributed by atoms with van der Waals surface area (Å²) in [7, 11) is -9.06. The normalized spacial score (nSPS) is 15.2. The molecule has 2 aromatic rings. The molecule has 2 rings (SSSR count). The van der Waals surface area contributed by atoms with E-state index < -0.39 is 38.9 Å². The number of benzene rings is 2. The van der Waals surface area contributed by atoms with Crippen molar-refractivity contribution in [1.29, 1.82) is 0 Å². The second-order valence-corrected chi connectivity index (χ2v) is 18.9. The van der Waals surface area contributed by atoms with Crippen LogP contribution in [0.15, 0.2) is 70.5 Å². The second-order valence-electron chi connectivity index (χ2n) is 9.16. The largest absolute Gasteiger partial charge is 0.224 e. The van der Waals surface area contributed by atoms with Crippen molar-refractivity contribution in [2.45, 2.75) is 54.6 Å². The van der Waals surface area contributed by atoms with E-state index in [4.69, 9.17) is 0 Å². The van der Waals surface area contributed by atoms with Gasteiger partial charge in [0, 0.05) is 8.07 Å². The van der Waals surface area contributed by atoms with Gasteiger partial charge in [-0.3, -0.25) is 0 Å². The first kappa shape index (κ1) is 23.8.